The lowest BCUT2D eigenvalue weighted by Crippen LogP contribution is -2.53. The van der Waals surface area contributed by atoms with Gasteiger partial charge >= 0.3 is 0 Å². The Morgan fingerprint density at radius 1 is 1.19 bits per heavy atom. The highest BCUT2D eigenvalue weighted by Crippen LogP contribution is 2.25. The minimum atomic E-state index is 0.00439. The molecule has 0 saturated carbocycles. The van der Waals surface area contributed by atoms with Gasteiger partial charge in [0.2, 0.25) is 0 Å². The van der Waals surface area contributed by atoms with Gasteiger partial charge in [0.25, 0.3) is 5.91 Å². The summed E-state index contributed by atoms with van der Waals surface area (Å²) in [6, 6.07) is 11.2. The summed E-state index contributed by atoms with van der Waals surface area (Å²) in [6.07, 6.45) is 5.34. The van der Waals surface area contributed by atoms with Crippen molar-refractivity contribution < 1.29 is 9.32 Å². The lowest BCUT2D eigenvalue weighted by Gasteiger charge is -2.41. The molecule has 2 heterocycles. The molecule has 0 N–H and O–H groups in total. The number of amides is 1. The number of carbonyl (C=O) groups is 1. The Bertz CT molecular complexity index is 762. The zero-order valence-electron chi connectivity index (χ0n) is 15.5. The number of carbonyl (C=O) groups excluding carboxylic acids is 1. The molecule has 2 aromatic rings. The van der Waals surface area contributed by atoms with Crippen LogP contribution in [0, 0.1) is 0 Å². The van der Waals surface area contributed by atoms with Gasteiger partial charge in [0.15, 0.2) is 5.69 Å². The van der Waals surface area contributed by atoms with E-state index >= 15 is 0 Å². The highest BCUT2D eigenvalue weighted by atomic mass is 16.5. The van der Waals surface area contributed by atoms with Crippen LogP contribution in [0.2, 0.25) is 0 Å². The first-order chi connectivity index (χ1) is 12.7. The molecule has 5 nitrogen and oxygen atoms in total. The SMILES string of the molecule is CCCc1cc(C(=O)N2CCN([C@H]3CCc4ccccc4C3)CC2)no1. The van der Waals surface area contributed by atoms with E-state index < -0.39 is 0 Å². The minimum absolute atomic E-state index is 0.00439. The highest BCUT2D eigenvalue weighted by molar-refractivity contribution is 5.92. The summed E-state index contributed by atoms with van der Waals surface area (Å²) in [5, 5.41) is 3.96. The second kappa shape index (κ2) is 7.62. The second-order valence-corrected chi connectivity index (χ2v) is 7.42. The number of aryl methyl sites for hydroxylation is 2. The van der Waals surface area contributed by atoms with Crippen molar-refractivity contribution in [2.75, 3.05) is 26.2 Å². The van der Waals surface area contributed by atoms with E-state index in [0.717, 1.165) is 51.2 Å². The van der Waals surface area contributed by atoms with Crippen molar-refractivity contribution in [1.82, 2.24) is 15.0 Å². The molecule has 0 bridgehead atoms. The van der Waals surface area contributed by atoms with Crippen molar-refractivity contribution in [2.24, 2.45) is 0 Å². The molecule has 1 aromatic heterocycles. The van der Waals surface area contributed by atoms with E-state index in [1.165, 1.54) is 24.0 Å². The summed E-state index contributed by atoms with van der Waals surface area (Å²) < 4.78 is 5.26. The van der Waals surface area contributed by atoms with Gasteiger partial charge in [0.1, 0.15) is 5.76 Å². The van der Waals surface area contributed by atoms with Gasteiger partial charge in [-0.05, 0) is 36.8 Å². The molecule has 1 saturated heterocycles. The molecule has 4 rings (SSSR count). The van der Waals surface area contributed by atoms with Gasteiger partial charge in [-0.15, -0.1) is 0 Å². The number of aromatic nitrogens is 1. The molecule has 1 atom stereocenters. The molecular weight excluding hydrogens is 326 g/mol. The molecule has 0 spiro atoms. The van der Waals surface area contributed by atoms with E-state index in [0.29, 0.717) is 11.7 Å². The molecule has 0 radical (unpaired) electrons. The van der Waals surface area contributed by atoms with Crippen LogP contribution in [0.15, 0.2) is 34.9 Å². The zero-order chi connectivity index (χ0) is 17.9. The quantitative estimate of drug-likeness (QED) is 0.848. The van der Waals surface area contributed by atoms with E-state index in [9.17, 15) is 4.79 Å². The summed E-state index contributed by atoms with van der Waals surface area (Å²) in [5.74, 6) is 0.806. The Morgan fingerprint density at radius 2 is 1.96 bits per heavy atom. The van der Waals surface area contributed by atoms with Crippen LogP contribution in [0.3, 0.4) is 0 Å². The number of fused-ring (bicyclic) bond motifs is 1. The first kappa shape index (κ1) is 17.3. The molecule has 1 aromatic carbocycles. The zero-order valence-corrected chi connectivity index (χ0v) is 15.5. The molecular formula is C21H27N3O2. The van der Waals surface area contributed by atoms with Crippen molar-refractivity contribution in [3.63, 3.8) is 0 Å². The maximum Gasteiger partial charge on any atom is 0.276 e. The molecule has 0 unspecified atom stereocenters. The number of hydrogen-bond acceptors (Lipinski definition) is 4. The Balaban J connectivity index is 1.33. The van der Waals surface area contributed by atoms with Crippen molar-refractivity contribution in [3.8, 4) is 0 Å². The molecule has 1 amide bonds. The monoisotopic (exact) mass is 353 g/mol. The van der Waals surface area contributed by atoms with E-state index in [4.69, 9.17) is 4.52 Å². The predicted octanol–water partition coefficient (Wildman–Crippen LogP) is 2.94. The van der Waals surface area contributed by atoms with E-state index in [-0.39, 0.29) is 5.91 Å². The molecule has 5 heteroatoms. The third kappa shape index (κ3) is 3.54. The maximum absolute atomic E-state index is 12.6. The van der Waals surface area contributed by atoms with Gasteiger partial charge in [0.05, 0.1) is 0 Å². The summed E-state index contributed by atoms with van der Waals surface area (Å²) in [4.78, 5) is 17.1. The Kier molecular flexibility index (Phi) is 5.07. The minimum Gasteiger partial charge on any atom is -0.361 e. The molecule has 1 fully saturated rings. The van der Waals surface area contributed by atoms with Gasteiger partial charge in [-0.2, -0.15) is 0 Å². The summed E-state index contributed by atoms with van der Waals surface area (Å²) in [7, 11) is 0. The normalized spacial score (nSPS) is 20.8. The topological polar surface area (TPSA) is 49.6 Å². The predicted molar refractivity (Wildman–Crippen MR) is 100 cm³/mol. The summed E-state index contributed by atoms with van der Waals surface area (Å²) in [5.41, 5.74) is 3.45. The van der Waals surface area contributed by atoms with Crippen LogP contribution in [0.4, 0.5) is 0 Å². The largest absolute Gasteiger partial charge is 0.361 e. The van der Waals surface area contributed by atoms with Crippen LogP contribution in [-0.2, 0) is 19.3 Å². The fourth-order valence-corrected chi connectivity index (χ4v) is 4.22. The average molecular weight is 353 g/mol. The number of nitrogens with zero attached hydrogens (tertiary/aromatic N) is 3. The molecule has 1 aliphatic carbocycles. The first-order valence-electron chi connectivity index (χ1n) is 9.80. The lowest BCUT2D eigenvalue weighted by molar-refractivity contribution is 0.0544. The number of benzene rings is 1. The summed E-state index contributed by atoms with van der Waals surface area (Å²) in [6.45, 7) is 5.52. The number of hydrogen-bond donors (Lipinski definition) is 0. The van der Waals surface area contributed by atoms with E-state index in [1.807, 2.05) is 4.90 Å². The third-order valence-corrected chi connectivity index (χ3v) is 5.71. The number of piperazine rings is 1. The standard InChI is InChI=1S/C21H27N3O2/c1-2-5-19-15-20(22-26-19)21(25)24-12-10-23(11-13-24)18-9-8-16-6-3-4-7-17(16)14-18/h3-4,6-7,15,18H,2,5,8-14H2,1H3/t18-/m0/s1. The average Bonchev–Trinajstić information content (AvgIpc) is 3.16. The highest BCUT2D eigenvalue weighted by Gasteiger charge is 2.29. The summed E-state index contributed by atoms with van der Waals surface area (Å²) >= 11 is 0. The van der Waals surface area contributed by atoms with Crippen LogP contribution in [0.25, 0.3) is 0 Å². The molecule has 2 aliphatic rings. The van der Waals surface area contributed by atoms with Gasteiger partial charge in [-0.1, -0.05) is 36.3 Å². The number of rotatable bonds is 4. The molecule has 138 valence electrons. The fraction of sp³-hybridized carbons (Fsp3) is 0.524. The van der Waals surface area contributed by atoms with Gasteiger partial charge < -0.3 is 9.42 Å². The van der Waals surface area contributed by atoms with Gasteiger partial charge in [-0.3, -0.25) is 9.69 Å². The Hall–Kier alpha value is -2.14. The van der Waals surface area contributed by atoms with Crippen LogP contribution in [0.1, 0.15) is 47.1 Å². The van der Waals surface area contributed by atoms with Crippen molar-refractivity contribution in [3.05, 3.63) is 52.9 Å². The van der Waals surface area contributed by atoms with Crippen LogP contribution in [-0.4, -0.2) is 53.1 Å². The first-order valence-corrected chi connectivity index (χ1v) is 9.80. The fourth-order valence-electron chi connectivity index (χ4n) is 4.22. The molecule has 1 aliphatic heterocycles. The second-order valence-electron chi connectivity index (χ2n) is 7.42. The van der Waals surface area contributed by atoms with Crippen LogP contribution >= 0.6 is 0 Å². The van der Waals surface area contributed by atoms with Crippen molar-refractivity contribution in [1.29, 1.82) is 0 Å². The van der Waals surface area contributed by atoms with Crippen LogP contribution in [0.5, 0.6) is 0 Å². The van der Waals surface area contributed by atoms with Gasteiger partial charge in [-0.25, -0.2) is 0 Å². The van der Waals surface area contributed by atoms with Crippen LogP contribution < -0.4 is 0 Å². The van der Waals surface area contributed by atoms with E-state index in [1.54, 1.807) is 6.07 Å². The lowest BCUT2D eigenvalue weighted by atomic mass is 9.87. The van der Waals surface area contributed by atoms with Crippen molar-refractivity contribution in [2.45, 2.75) is 45.1 Å². The van der Waals surface area contributed by atoms with Crippen molar-refractivity contribution >= 4 is 5.91 Å². The smallest absolute Gasteiger partial charge is 0.276 e. The van der Waals surface area contributed by atoms with E-state index in [2.05, 4.69) is 41.2 Å². The van der Waals surface area contributed by atoms with Gasteiger partial charge in [0, 0.05) is 44.7 Å². The third-order valence-electron chi connectivity index (χ3n) is 5.71. The molecule has 26 heavy (non-hydrogen) atoms. The maximum atomic E-state index is 12.6. The Labute approximate surface area is 155 Å². The Morgan fingerprint density at radius 3 is 2.73 bits per heavy atom.